The normalized spacial score (nSPS) is 20.9. The molecule has 1 saturated heterocycles. The lowest BCUT2D eigenvalue weighted by Gasteiger charge is -2.29. The average molecular weight is 468 g/mol. The molecule has 1 aromatic carbocycles. The van der Waals surface area contributed by atoms with Crippen molar-refractivity contribution in [2.24, 2.45) is 11.5 Å². The first-order valence-corrected chi connectivity index (χ1v) is 11.3. The summed E-state index contributed by atoms with van der Waals surface area (Å²) in [4.78, 5) is 23.1. The first-order valence-electron chi connectivity index (χ1n) is 9.53. The fourth-order valence-electron chi connectivity index (χ4n) is 3.60. The number of nitrogens with two attached hydrogens (primary N) is 2. The Morgan fingerprint density at radius 1 is 1.25 bits per heavy atom. The van der Waals surface area contributed by atoms with Crippen molar-refractivity contribution in [3.63, 3.8) is 0 Å². The van der Waals surface area contributed by atoms with Crippen LogP contribution in [0, 0.1) is 0 Å². The molecule has 13 heteroatoms. The van der Waals surface area contributed by atoms with Crippen LogP contribution in [0.2, 0.25) is 0 Å². The number of sulfone groups is 1. The summed E-state index contributed by atoms with van der Waals surface area (Å²) < 4.78 is 63.0. The number of halogens is 3. The van der Waals surface area contributed by atoms with Crippen molar-refractivity contribution in [3.8, 4) is 11.4 Å². The number of aromatic amines is 1. The van der Waals surface area contributed by atoms with Crippen molar-refractivity contribution in [1.29, 1.82) is 0 Å². The fourth-order valence-corrected chi connectivity index (χ4v) is 5.27. The topological polar surface area (TPSA) is 157 Å². The van der Waals surface area contributed by atoms with Crippen LogP contribution in [0.25, 0.3) is 22.3 Å². The van der Waals surface area contributed by atoms with Crippen LogP contribution in [0.1, 0.15) is 22.5 Å². The van der Waals surface area contributed by atoms with Gasteiger partial charge in [-0.05, 0) is 30.7 Å². The Morgan fingerprint density at radius 3 is 2.69 bits per heavy atom. The highest BCUT2D eigenvalue weighted by atomic mass is 32.2. The molecule has 3 heterocycles. The number of hydrogen-bond donors (Lipinski definition) is 4. The fraction of sp³-hybridized carbons (Fsp3) is 0.316. The molecule has 0 bridgehead atoms. The van der Waals surface area contributed by atoms with Crippen LogP contribution in [0.5, 0.6) is 0 Å². The lowest BCUT2D eigenvalue weighted by Crippen LogP contribution is -2.50. The maximum Gasteiger partial charge on any atom is 0.416 e. The molecule has 1 aliphatic rings. The van der Waals surface area contributed by atoms with Gasteiger partial charge in [0.05, 0.1) is 35.0 Å². The number of rotatable bonds is 4. The van der Waals surface area contributed by atoms with Gasteiger partial charge in [-0.1, -0.05) is 0 Å². The number of anilines is 1. The van der Waals surface area contributed by atoms with E-state index in [2.05, 4.69) is 20.3 Å². The van der Waals surface area contributed by atoms with Gasteiger partial charge in [0, 0.05) is 16.9 Å². The van der Waals surface area contributed by atoms with Gasteiger partial charge in [0.2, 0.25) is 0 Å². The molecule has 170 valence electrons. The molecule has 0 saturated carbocycles. The summed E-state index contributed by atoms with van der Waals surface area (Å²) in [7, 11) is -3.27. The van der Waals surface area contributed by atoms with Gasteiger partial charge in [-0.2, -0.15) is 13.2 Å². The van der Waals surface area contributed by atoms with Crippen molar-refractivity contribution in [2.45, 2.75) is 24.7 Å². The number of benzene rings is 1. The van der Waals surface area contributed by atoms with Crippen LogP contribution < -0.4 is 16.8 Å². The van der Waals surface area contributed by atoms with Crippen LogP contribution in [-0.4, -0.2) is 52.9 Å². The van der Waals surface area contributed by atoms with Gasteiger partial charge in [0.15, 0.2) is 15.5 Å². The number of amides is 1. The van der Waals surface area contributed by atoms with Crippen LogP contribution in [0.4, 0.5) is 19.0 Å². The quantitative estimate of drug-likeness (QED) is 0.454. The second kappa shape index (κ2) is 7.74. The number of alkyl halides is 3. The van der Waals surface area contributed by atoms with Gasteiger partial charge in [-0.25, -0.2) is 18.4 Å². The Kier molecular flexibility index (Phi) is 5.33. The number of aromatic nitrogens is 3. The largest absolute Gasteiger partial charge is 0.416 e. The van der Waals surface area contributed by atoms with Gasteiger partial charge in [0.25, 0.3) is 5.91 Å². The summed E-state index contributed by atoms with van der Waals surface area (Å²) in [6.45, 7) is 0. The van der Waals surface area contributed by atoms with E-state index in [1.165, 1.54) is 18.3 Å². The number of primary amides is 1. The van der Waals surface area contributed by atoms with Crippen LogP contribution in [0.15, 0.2) is 30.5 Å². The predicted molar refractivity (Wildman–Crippen MR) is 112 cm³/mol. The van der Waals surface area contributed by atoms with E-state index in [4.69, 9.17) is 11.5 Å². The van der Waals surface area contributed by atoms with E-state index in [9.17, 15) is 26.4 Å². The second-order valence-corrected chi connectivity index (χ2v) is 9.85. The smallest absolute Gasteiger partial charge is 0.364 e. The minimum Gasteiger partial charge on any atom is -0.364 e. The summed E-state index contributed by atoms with van der Waals surface area (Å²) >= 11 is 0. The van der Waals surface area contributed by atoms with Gasteiger partial charge < -0.3 is 21.8 Å². The van der Waals surface area contributed by atoms with E-state index in [-0.39, 0.29) is 46.2 Å². The molecule has 4 rings (SSSR count). The highest BCUT2D eigenvalue weighted by Crippen LogP contribution is 2.33. The third-order valence-corrected chi connectivity index (χ3v) is 6.98. The van der Waals surface area contributed by atoms with Gasteiger partial charge >= 0.3 is 6.18 Å². The van der Waals surface area contributed by atoms with Gasteiger partial charge in [-0.3, -0.25) is 4.79 Å². The number of nitrogens with one attached hydrogen (secondary N) is 2. The zero-order valence-electron chi connectivity index (χ0n) is 16.5. The molecule has 1 fully saturated rings. The average Bonchev–Trinajstić information content (AvgIpc) is 3.13. The molecule has 3 aromatic rings. The minimum atomic E-state index is -4.51. The monoisotopic (exact) mass is 468 g/mol. The molecular formula is C19H19F3N6O3S. The number of hydrogen-bond acceptors (Lipinski definition) is 7. The molecule has 1 amide bonds. The van der Waals surface area contributed by atoms with E-state index < -0.39 is 39.6 Å². The molecule has 0 aliphatic carbocycles. The first kappa shape index (κ1) is 22.0. The molecule has 2 atom stereocenters. The van der Waals surface area contributed by atoms with E-state index in [1.807, 2.05) is 0 Å². The Balaban J connectivity index is 1.73. The number of H-pyrrole nitrogens is 1. The molecule has 1 aliphatic heterocycles. The zero-order chi connectivity index (χ0) is 23.3. The SMILES string of the molecule is NC(=O)c1ncc(N[C@@H]2CS(=O)(=O)CCC2N)nc1-c1cc2cc(C(F)(F)F)ccc2[nH]1. The van der Waals surface area contributed by atoms with Crippen LogP contribution in [0.3, 0.4) is 0 Å². The molecule has 0 spiro atoms. The summed E-state index contributed by atoms with van der Waals surface area (Å²) in [5, 5.41) is 3.19. The van der Waals surface area contributed by atoms with Gasteiger partial charge in [-0.15, -0.1) is 0 Å². The van der Waals surface area contributed by atoms with E-state index in [0.29, 0.717) is 5.52 Å². The molecule has 9 nitrogen and oxygen atoms in total. The molecule has 32 heavy (non-hydrogen) atoms. The summed E-state index contributed by atoms with van der Waals surface area (Å²) in [6, 6.07) is 3.53. The van der Waals surface area contributed by atoms with Crippen molar-refractivity contribution >= 4 is 32.5 Å². The maximum atomic E-state index is 13.0. The summed E-state index contributed by atoms with van der Waals surface area (Å²) in [5.74, 6) is -0.920. The third kappa shape index (κ3) is 4.39. The van der Waals surface area contributed by atoms with Crippen LogP contribution >= 0.6 is 0 Å². The lowest BCUT2D eigenvalue weighted by molar-refractivity contribution is -0.137. The molecular weight excluding hydrogens is 449 g/mol. The summed E-state index contributed by atoms with van der Waals surface area (Å²) in [6.07, 6.45) is -3.00. The van der Waals surface area contributed by atoms with Crippen molar-refractivity contribution < 1.29 is 26.4 Å². The highest BCUT2D eigenvalue weighted by Gasteiger charge is 2.32. The molecule has 0 radical (unpaired) electrons. The summed E-state index contributed by atoms with van der Waals surface area (Å²) in [5.41, 5.74) is 11.0. The second-order valence-electron chi connectivity index (χ2n) is 7.62. The van der Waals surface area contributed by atoms with E-state index in [0.717, 1.165) is 12.1 Å². The van der Waals surface area contributed by atoms with Crippen molar-refractivity contribution in [2.75, 3.05) is 16.8 Å². The minimum absolute atomic E-state index is 0.00112. The zero-order valence-corrected chi connectivity index (χ0v) is 17.3. The number of carbonyl (C=O) groups excluding carboxylic acids is 1. The van der Waals surface area contributed by atoms with E-state index in [1.54, 1.807) is 0 Å². The van der Waals surface area contributed by atoms with Gasteiger partial charge in [0.1, 0.15) is 11.5 Å². The lowest BCUT2D eigenvalue weighted by atomic mass is 10.1. The maximum absolute atomic E-state index is 13.0. The Morgan fingerprint density at radius 2 is 2.00 bits per heavy atom. The molecule has 2 aromatic heterocycles. The first-order chi connectivity index (χ1) is 14.9. The Hall–Kier alpha value is -3.19. The Bertz CT molecular complexity index is 1310. The van der Waals surface area contributed by atoms with Crippen molar-refractivity contribution in [1.82, 2.24) is 15.0 Å². The molecule has 6 N–H and O–H groups in total. The predicted octanol–water partition coefficient (Wildman–Crippen LogP) is 1.67. The molecule has 1 unspecified atom stereocenters. The number of fused-ring (bicyclic) bond motifs is 1. The van der Waals surface area contributed by atoms with Crippen LogP contribution in [-0.2, 0) is 16.0 Å². The van der Waals surface area contributed by atoms with E-state index >= 15 is 0 Å². The van der Waals surface area contributed by atoms with Crippen molar-refractivity contribution in [3.05, 3.63) is 41.7 Å². The standard InChI is InChI=1S/C19H19F3N6O3S/c20-19(21,22)10-1-2-12-9(5-10)6-13(26-12)16-17(18(24)29)25-7-15(28-16)27-14-8-32(30,31)4-3-11(14)23/h1-2,5-7,11,14,26H,3-4,8,23H2,(H2,24,29)(H,27,28)/t11?,14-/m1/s1. The number of carbonyl (C=O) groups is 1. The number of nitrogens with zero attached hydrogens (tertiary/aromatic N) is 2. The third-order valence-electron chi connectivity index (χ3n) is 5.25. The highest BCUT2D eigenvalue weighted by molar-refractivity contribution is 7.91. The Labute approximate surface area is 180 Å².